The van der Waals surface area contributed by atoms with E-state index in [9.17, 15) is 19.5 Å². The van der Waals surface area contributed by atoms with Gasteiger partial charge in [0.15, 0.2) is 5.78 Å². The molecule has 0 bridgehead atoms. The summed E-state index contributed by atoms with van der Waals surface area (Å²) in [6.07, 6.45) is -5.73. The van der Waals surface area contributed by atoms with Gasteiger partial charge in [0, 0.05) is 24.8 Å². The van der Waals surface area contributed by atoms with Crippen LogP contribution in [0.25, 0.3) is 0 Å². The molecule has 202 valence electrons. The van der Waals surface area contributed by atoms with Crippen LogP contribution in [0.2, 0.25) is 0 Å². The predicted molar refractivity (Wildman–Crippen MR) is 128 cm³/mol. The molecule has 4 rings (SSSR count). The Kier molecular flexibility index (Phi) is 7.54. The lowest BCUT2D eigenvalue weighted by Gasteiger charge is -2.43. The fourth-order valence-corrected chi connectivity index (χ4v) is 4.71. The number of hydrogen-bond donors (Lipinski definition) is 2. The number of ketones is 1. The zero-order chi connectivity index (χ0) is 27.0. The second kappa shape index (κ2) is 10.3. The number of aliphatic hydroxyl groups is 1. The molecule has 12 heteroatoms. The minimum Gasteiger partial charge on any atom is -0.442 e. The maximum Gasteiger partial charge on any atom is 0.414 e. The molecule has 0 radical (unpaired) electrons. The van der Waals surface area contributed by atoms with Crippen LogP contribution in [0.1, 0.15) is 26.3 Å². The molecule has 1 aromatic heterocycles. The second-order valence-corrected chi connectivity index (χ2v) is 10.2. The van der Waals surface area contributed by atoms with Gasteiger partial charge < -0.3 is 24.4 Å². The number of hydrogen-bond acceptors (Lipinski definition) is 8. The van der Waals surface area contributed by atoms with Gasteiger partial charge in [0.2, 0.25) is 0 Å². The monoisotopic (exact) mass is 523 g/mol. The van der Waals surface area contributed by atoms with Crippen molar-refractivity contribution in [3.05, 3.63) is 52.5 Å². The molecule has 2 aromatic rings. The molecule has 1 amide bonds. The molecule has 10 nitrogen and oxygen atoms in total. The van der Waals surface area contributed by atoms with Crippen molar-refractivity contribution in [1.29, 1.82) is 0 Å². The Bertz CT molecular complexity index is 1160. The number of Topliss-reactive ketones (excluding diaryl/α,β-unsaturated/α-hetero) is 1. The van der Waals surface area contributed by atoms with Gasteiger partial charge in [-0.15, -0.1) is 0 Å². The molecule has 3 heterocycles. The molecule has 2 fully saturated rings. The maximum absolute atomic E-state index is 15.5. The van der Waals surface area contributed by atoms with Crippen LogP contribution in [0.15, 0.2) is 45.9 Å². The number of aliphatic hydroxyl groups excluding tert-OH is 1. The van der Waals surface area contributed by atoms with Crippen molar-refractivity contribution in [2.75, 3.05) is 31.1 Å². The molecule has 2 saturated heterocycles. The van der Waals surface area contributed by atoms with E-state index in [1.165, 1.54) is 41.5 Å². The van der Waals surface area contributed by atoms with Crippen LogP contribution < -0.4 is 15.8 Å². The van der Waals surface area contributed by atoms with Gasteiger partial charge in [-0.2, -0.15) is 4.74 Å². The second-order valence-electron chi connectivity index (χ2n) is 10.2. The minimum absolute atomic E-state index is 0.0261. The van der Waals surface area contributed by atoms with Crippen molar-refractivity contribution in [3.8, 4) is 0 Å². The average molecular weight is 524 g/mol. The molecular formula is C25H31F2N3O7. The van der Waals surface area contributed by atoms with Crippen molar-refractivity contribution in [3.63, 3.8) is 0 Å². The zero-order valence-corrected chi connectivity index (χ0v) is 20.9. The van der Waals surface area contributed by atoms with Crippen molar-refractivity contribution in [1.82, 2.24) is 10.1 Å². The van der Waals surface area contributed by atoms with E-state index in [2.05, 4.69) is 5.32 Å². The van der Waals surface area contributed by atoms with Gasteiger partial charge in [0.05, 0.1) is 25.3 Å². The predicted octanol–water partition coefficient (Wildman–Crippen LogP) is 1.73. The van der Waals surface area contributed by atoms with Crippen LogP contribution in [0, 0.1) is 0 Å². The van der Waals surface area contributed by atoms with E-state index < -0.39 is 54.1 Å². The highest BCUT2D eigenvalue weighted by molar-refractivity contribution is 5.96. The molecule has 2 unspecified atom stereocenters. The summed E-state index contributed by atoms with van der Waals surface area (Å²) < 4.78 is 47.8. The highest BCUT2D eigenvalue weighted by Gasteiger charge is 2.57. The number of carbonyl (C=O) groups is 2. The summed E-state index contributed by atoms with van der Waals surface area (Å²) in [5.74, 6) is -1.00. The van der Waals surface area contributed by atoms with Crippen molar-refractivity contribution in [2.45, 2.75) is 62.9 Å². The number of cyclic esters (lactones) is 1. The highest BCUT2D eigenvalue weighted by Crippen LogP contribution is 2.40. The smallest absolute Gasteiger partial charge is 0.414 e. The SMILES string of the molecule is CC(C)(C)OC[C@H](O)C(=O)C1(c2ccc(N3C[C@H](Cn4occc4=O)OC3=O)cc2)C(F)CNCC1F. The molecular weight excluding hydrogens is 492 g/mol. The summed E-state index contributed by atoms with van der Waals surface area (Å²) in [7, 11) is 0. The molecule has 4 atom stereocenters. The standard InChI is InChI=1S/C25H31F2N3O7/c1-24(2,3)35-14-18(31)22(33)25(19(26)10-28-11-20(25)27)15-4-6-16(7-5-15)29-12-17(37-23(29)34)13-30-21(32)8-9-36-30/h4-9,17-20,28,31H,10-14H2,1-3H3/t17-,18+,19?,20?,25?/m1/s1. The van der Waals surface area contributed by atoms with Crippen molar-refractivity contribution in [2.24, 2.45) is 0 Å². The highest BCUT2D eigenvalue weighted by atomic mass is 19.1. The zero-order valence-electron chi connectivity index (χ0n) is 20.9. The van der Waals surface area contributed by atoms with Crippen LogP contribution in [-0.4, -0.2) is 78.1 Å². The number of nitrogens with zero attached hydrogens (tertiary/aromatic N) is 2. The van der Waals surface area contributed by atoms with Crippen LogP contribution >= 0.6 is 0 Å². The van der Waals surface area contributed by atoms with Crippen molar-refractivity contribution < 1.29 is 37.5 Å². The van der Waals surface area contributed by atoms with Crippen molar-refractivity contribution >= 4 is 17.6 Å². The molecule has 0 saturated carbocycles. The molecule has 2 N–H and O–H groups in total. The third-order valence-electron chi connectivity index (χ3n) is 6.56. The molecule has 0 aliphatic carbocycles. The number of piperidine rings is 1. The fraction of sp³-hybridized carbons (Fsp3) is 0.560. The summed E-state index contributed by atoms with van der Waals surface area (Å²) in [6, 6.07) is 6.94. The molecule has 1 aromatic carbocycles. The van der Waals surface area contributed by atoms with Crippen LogP contribution in [0.5, 0.6) is 0 Å². The number of benzene rings is 1. The van der Waals surface area contributed by atoms with Crippen LogP contribution in [0.3, 0.4) is 0 Å². The third kappa shape index (κ3) is 5.32. The van der Waals surface area contributed by atoms with Gasteiger partial charge in [-0.05, 0) is 38.5 Å². The number of ether oxygens (including phenoxy) is 2. The normalized spacial score (nSPS) is 27.2. The Morgan fingerprint density at radius 1 is 1.19 bits per heavy atom. The van der Waals surface area contributed by atoms with Crippen LogP contribution in [-0.2, 0) is 26.2 Å². The first kappa shape index (κ1) is 27.0. The number of anilines is 1. The lowest BCUT2D eigenvalue weighted by Crippen LogP contribution is -2.64. The quantitative estimate of drug-likeness (QED) is 0.537. The number of nitrogens with one attached hydrogen (secondary N) is 1. The Morgan fingerprint density at radius 2 is 1.84 bits per heavy atom. The van der Waals surface area contributed by atoms with Gasteiger partial charge in [-0.1, -0.05) is 12.1 Å². The topological polar surface area (TPSA) is 123 Å². The number of aromatic nitrogens is 1. The Hall–Kier alpha value is -3.09. The Morgan fingerprint density at radius 3 is 2.41 bits per heavy atom. The number of halogens is 2. The van der Waals surface area contributed by atoms with E-state index in [1.54, 1.807) is 20.8 Å². The van der Waals surface area contributed by atoms with E-state index in [4.69, 9.17) is 14.0 Å². The Labute approximate surface area is 212 Å². The molecule has 37 heavy (non-hydrogen) atoms. The minimum atomic E-state index is -2.25. The molecule has 2 aliphatic rings. The maximum atomic E-state index is 15.5. The molecule has 0 spiro atoms. The summed E-state index contributed by atoms with van der Waals surface area (Å²) >= 11 is 0. The summed E-state index contributed by atoms with van der Waals surface area (Å²) in [5, 5.41) is 13.2. The summed E-state index contributed by atoms with van der Waals surface area (Å²) in [6.45, 7) is 4.40. The van der Waals surface area contributed by atoms with Gasteiger partial charge in [-0.25, -0.2) is 13.6 Å². The van der Waals surface area contributed by atoms with Gasteiger partial charge in [-0.3, -0.25) is 14.5 Å². The number of carbonyl (C=O) groups excluding carboxylic acids is 2. The number of alkyl halides is 2. The first-order valence-electron chi connectivity index (χ1n) is 12.0. The Balaban J connectivity index is 1.57. The number of amides is 1. The largest absolute Gasteiger partial charge is 0.442 e. The lowest BCUT2D eigenvalue weighted by atomic mass is 9.66. The first-order valence-corrected chi connectivity index (χ1v) is 12.0. The molecule has 2 aliphatic heterocycles. The third-order valence-corrected chi connectivity index (χ3v) is 6.56. The average Bonchev–Trinajstić information content (AvgIpc) is 3.42. The van der Waals surface area contributed by atoms with E-state index in [1.807, 2.05) is 0 Å². The van der Waals surface area contributed by atoms with Gasteiger partial charge >= 0.3 is 6.09 Å². The number of rotatable bonds is 8. The van der Waals surface area contributed by atoms with Crippen LogP contribution in [0.4, 0.5) is 19.3 Å². The van der Waals surface area contributed by atoms with Gasteiger partial charge in [0.1, 0.15) is 36.2 Å². The van der Waals surface area contributed by atoms with Gasteiger partial charge in [0.25, 0.3) is 5.56 Å². The first-order chi connectivity index (χ1) is 17.4. The van der Waals surface area contributed by atoms with E-state index in [0.717, 1.165) is 4.74 Å². The fourth-order valence-electron chi connectivity index (χ4n) is 4.71. The summed E-state index contributed by atoms with van der Waals surface area (Å²) in [4.78, 5) is 38.9. The van der Waals surface area contributed by atoms with E-state index >= 15 is 8.78 Å². The van der Waals surface area contributed by atoms with E-state index in [-0.39, 0.29) is 37.3 Å². The van der Waals surface area contributed by atoms with E-state index in [0.29, 0.717) is 5.69 Å². The lowest BCUT2D eigenvalue weighted by molar-refractivity contribution is -0.146. The summed E-state index contributed by atoms with van der Waals surface area (Å²) in [5.41, 5.74) is -2.86.